The number of anilines is 1. The number of fused-ring (bicyclic) bond motifs is 1. The summed E-state index contributed by atoms with van der Waals surface area (Å²) in [6, 6.07) is 9.20. The zero-order valence-corrected chi connectivity index (χ0v) is 12.7. The van der Waals surface area contributed by atoms with Gasteiger partial charge in [0, 0.05) is 19.3 Å². The van der Waals surface area contributed by atoms with Gasteiger partial charge in [-0.15, -0.1) is 0 Å². The molecular weight excluding hydrogens is 310 g/mol. The van der Waals surface area contributed by atoms with Crippen molar-refractivity contribution >= 4 is 27.4 Å². The van der Waals surface area contributed by atoms with Crippen molar-refractivity contribution in [3.05, 3.63) is 52.7 Å². The molecule has 5 nitrogen and oxygen atoms in total. The Kier molecular flexibility index (Phi) is 3.61. The maximum absolute atomic E-state index is 12.6. The first-order valence-electron chi connectivity index (χ1n) is 6.46. The largest absolute Gasteiger partial charge is 0.382 e. The molecule has 0 amide bonds. The van der Waals surface area contributed by atoms with Gasteiger partial charge in [-0.05, 0) is 23.6 Å². The van der Waals surface area contributed by atoms with Crippen molar-refractivity contribution in [3.8, 4) is 0 Å². The van der Waals surface area contributed by atoms with E-state index >= 15 is 0 Å². The Hall–Kier alpha value is -1.63. The van der Waals surface area contributed by atoms with Crippen molar-refractivity contribution < 1.29 is 8.42 Å². The maximum atomic E-state index is 12.6. The van der Waals surface area contributed by atoms with E-state index in [1.807, 2.05) is 24.3 Å². The predicted molar refractivity (Wildman–Crippen MR) is 81.4 cm³/mol. The Labute approximate surface area is 128 Å². The van der Waals surface area contributed by atoms with E-state index in [2.05, 4.69) is 4.98 Å². The topological polar surface area (TPSA) is 76.3 Å². The second-order valence-corrected chi connectivity index (χ2v) is 7.24. The van der Waals surface area contributed by atoms with Crippen LogP contribution < -0.4 is 5.73 Å². The molecule has 0 saturated carbocycles. The Morgan fingerprint density at radius 2 is 1.95 bits per heavy atom. The summed E-state index contributed by atoms with van der Waals surface area (Å²) < 4.78 is 26.7. The van der Waals surface area contributed by atoms with Gasteiger partial charge in [-0.3, -0.25) is 0 Å². The maximum Gasteiger partial charge on any atom is 0.244 e. The Balaban J connectivity index is 1.95. The molecule has 2 aromatic rings. The quantitative estimate of drug-likeness (QED) is 0.917. The third-order valence-corrected chi connectivity index (χ3v) is 5.69. The molecule has 2 N–H and O–H groups in total. The second-order valence-electron chi connectivity index (χ2n) is 4.90. The van der Waals surface area contributed by atoms with Gasteiger partial charge >= 0.3 is 0 Å². The number of sulfonamides is 1. The number of pyridine rings is 1. The Morgan fingerprint density at radius 1 is 1.24 bits per heavy atom. The number of rotatable bonds is 2. The molecule has 0 aliphatic carbocycles. The molecule has 0 spiro atoms. The van der Waals surface area contributed by atoms with Crippen LogP contribution in [0.4, 0.5) is 5.82 Å². The van der Waals surface area contributed by atoms with E-state index in [1.54, 1.807) is 0 Å². The van der Waals surface area contributed by atoms with E-state index in [9.17, 15) is 8.42 Å². The van der Waals surface area contributed by atoms with Crippen LogP contribution in [0.1, 0.15) is 11.1 Å². The fraction of sp³-hybridized carbons (Fsp3) is 0.214. The van der Waals surface area contributed by atoms with Crippen LogP contribution in [0.15, 0.2) is 41.4 Å². The van der Waals surface area contributed by atoms with Crippen molar-refractivity contribution in [1.82, 2.24) is 9.29 Å². The van der Waals surface area contributed by atoms with Crippen molar-refractivity contribution in [3.63, 3.8) is 0 Å². The summed E-state index contributed by atoms with van der Waals surface area (Å²) >= 11 is 5.87. The molecule has 0 fully saturated rings. The summed E-state index contributed by atoms with van der Waals surface area (Å²) in [5, 5.41) is 0.147. The lowest BCUT2D eigenvalue weighted by molar-refractivity contribution is 0.391. The highest BCUT2D eigenvalue weighted by Crippen LogP contribution is 2.27. The van der Waals surface area contributed by atoms with Crippen molar-refractivity contribution in [2.75, 3.05) is 12.3 Å². The highest BCUT2D eigenvalue weighted by Gasteiger charge is 2.28. The van der Waals surface area contributed by atoms with Gasteiger partial charge in [0.05, 0.1) is 5.02 Å². The van der Waals surface area contributed by atoms with Crippen LogP contribution in [-0.2, 0) is 23.0 Å². The minimum Gasteiger partial charge on any atom is -0.382 e. The summed E-state index contributed by atoms with van der Waals surface area (Å²) in [6.45, 7) is 0.807. The van der Waals surface area contributed by atoms with E-state index in [0.29, 0.717) is 19.5 Å². The van der Waals surface area contributed by atoms with Crippen LogP contribution in [0, 0.1) is 0 Å². The second kappa shape index (κ2) is 5.29. The van der Waals surface area contributed by atoms with Gasteiger partial charge in [-0.25, -0.2) is 13.4 Å². The molecule has 0 bridgehead atoms. The molecule has 2 heterocycles. The molecule has 0 atom stereocenters. The zero-order valence-electron chi connectivity index (χ0n) is 11.2. The van der Waals surface area contributed by atoms with Crippen LogP contribution in [0.2, 0.25) is 5.02 Å². The molecule has 0 radical (unpaired) electrons. The summed E-state index contributed by atoms with van der Waals surface area (Å²) in [7, 11) is -3.61. The van der Waals surface area contributed by atoms with Gasteiger partial charge in [-0.2, -0.15) is 4.31 Å². The van der Waals surface area contributed by atoms with Crippen LogP contribution in [0.5, 0.6) is 0 Å². The molecule has 1 aliphatic heterocycles. The smallest absolute Gasteiger partial charge is 0.244 e. The number of nitrogens with zero attached hydrogens (tertiary/aromatic N) is 2. The molecule has 0 unspecified atom stereocenters. The molecule has 21 heavy (non-hydrogen) atoms. The van der Waals surface area contributed by atoms with Crippen molar-refractivity contribution in [2.45, 2.75) is 17.9 Å². The van der Waals surface area contributed by atoms with Gasteiger partial charge in [0.25, 0.3) is 0 Å². The van der Waals surface area contributed by atoms with E-state index < -0.39 is 10.0 Å². The van der Waals surface area contributed by atoms with E-state index in [0.717, 1.165) is 5.56 Å². The molecule has 7 heteroatoms. The Bertz CT molecular complexity index is 793. The summed E-state index contributed by atoms with van der Waals surface area (Å²) in [4.78, 5) is 3.89. The fourth-order valence-corrected chi connectivity index (χ4v) is 4.02. The van der Waals surface area contributed by atoms with E-state index in [1.165, 1.54) is 22.1 Å². The van der Waals surface area contributed by atoms with Gasteiger partial charge in [0.2, 0.25) is 10.0 Å². The summed E-state index contributed by atoms with van der Waals surface area (Å²) in [6.07, 6.45) is 1.95. The number of nitrogens with two attached hydrogens (primary N) is 1. The van der Waals surface area contributed by atoms with Crippen molar-refractivity contribution in [2.24, 2.45) is 0 Å². The average molecular weight is 324 g/mol. The minimum absolute atomic E-state index is 0.0704. The molecule has 110 valence electrons. The van der Waals surface area contributed by atoms with Gasteiger partial charge < -0.3 is 5.73 Å². The number of hydrogen-bond donors (Lipinski definition) is 1. The van der Waals surface area contributed by atoms with Crippen LogP contribution in [0.3, 0.4) is 0 Å². The lowest BCUT2D eigenvalue weighted by Gasteiger charge is -2.28. The highest BCUT2D eigenvalue weighted by molar-refractivity contribution is 7.89. The monoisotopic (exact) mass is 323 g/mol. The SMILES string of the molecule is Nc1ncc(S(=O)(=O)N2CCc3ccccc3C2)cc1Cl. The predicted octanol–water partition coefficient (Wildman–Crippen LogP) is 2.06. The van der Waals surface area contributed by atoms with Crippen molar-refractivity contribution in [1.29, 1.82) is 0 Å². The molecular formula is C14H14ClN3O2S. The van der Waals surface area contributed by atoms with E-state index in [4.69, 9.17) is 17.3 Å². The number of halogens is 1. The first-order valence-corrected chi connectivity index (χ1v) is 8.28. The van der Waals surface area contributed by atoms with Gasteiger partial charge in [0.15, 0.2) is 0 Å². The third kappa shape index (κ3) is 2.62. The van der Waals surface area contributed by atoms with E-state index in [-0.39, 0.29) is 15.7 Å². The number of benzene rings is 1. The average Bonchev–Trinajstić information content (AvgIpc) is 2.49. The zero-order chi connectivity index (χ0) is 15.0. The first-order chi connectivity index (χ1) is 9.98. The molecule has 3 rings (SSSR count). The lowest BCUT2D eigenvalue weighted by atomic mass is 10.0. The Morgan fingerprint density at radius 3 is 2.67 bits per heavy atom. The molecule has 1 aromatic heterocycles. The third-order valence-electron chi connectivity index (χ3n) is 3.58. The highest BCUT2D eigenvalue weighted by atomic mass is 35.5. The van der Waals surface area contributed by atoms with Gasteiger partial charge in [0.1, 0.15) is 10.7 Å². The van der Waals surface area contributed by atoms with Crippen LogP contribution >= 0.6 is 11.6 Å². The summed E-state index contributed by atoms with van der Waals surface area (Å²) in [5.41, 5.74) is 7.74. The minimum atomic E-state index is -3.61. The fourth-order valence-electron chi connectivity index (χ4n) is 2.40. The number of nitrogen functional groups attached to an aromatic ring is 1. The lowest BCUT2D eigenvalue weighted by Crippen LogP contribution is -2.36. The van der Waals surface area contributed by atoms with Crippen LogP contribution in [0.25, 0.3) is 0 Å². The standard InChI is InChI=1S/C14H14ClN3O2S/c15-13-7-12(8-17-14(13)16)21(19,20)18-6-5-10-3-1-2-4-11(10)9-18/h1-4,7-8H,5-6,9H2,(H2,16,17). The first kappa shape index (κ1) is 14.3. The molecule has 1 aliphatic rings. The van der Waals surface area contributed by atoms with Crippen LogP contribution in [-0.4, -0.2) is 24.3 Å². The molecule has 1 aromatic carbocycles. The molecule has 0 saturated heterocycles. The number of hydrogen-bond acceptors (Lipinski definition) is 4. The summed E-state index contributed by atoms with van der Waals surface area (Å²) in [5.74, 6) is 0.125. The normalized spacial score (nSPS) is 15.7. The van der Waals surface area contributed by atoms with Gasteiger partial charge in [-0.1, -0.05) is 35.9 Å². The number of aromatic nitrogens is 1.